The second kappa shape index (κ2) is 8.47. The Balaban J connectivity index is 1.49. The molecule has 26 heavy (non-hydrogen) atoms. The lowest BCUT2D eigenvalue weighted by Crippen LogP contribution is -2.38. The van der Waals surface area contributed by atoms with E-state index in [0.29, 0.717) is 5.88 Å². The predicted octanol–water partition coefficient (Wildman–Crippen LogP) is 3.67. The Hall–Kier alpha value is -2.18. The van der Waals surface area contributed by atoms with E-state index in [1.807, 2.05) is 49.4 Å². The second-order valence-corrected chi connectivity index (χ2v) is 8.23. The minimum absolute atomic E-state index is 0.0498. The Morgan fingerprint density at radius 1 is 1.08 bits per heavy atom. The number of hydrogen-bond donors (Lipinski definition) is 1. The van der Waals surface area contributed by atoms with Crippen LogP contribution >= 0.6 is 0 Å². The van der Waals surface area contributed by atoms with Gasteiger partial charge in [-0.3, -0.25) is 0 Å². The van der Waals surface area contributed by atoms with E-state index in [-0.39, 0.29) is 12.1 Å². The maximum atomic E-state index is 12.3. The fourth-order valence-electron chi connectivity index (χ4n) is 3.00. The average molecular weight is 372 g/mol. The van der Waals surface area contributed by atoms with Crippen molar-refractivity contribution < 1.29 is 13.2 Å². The Morgan fingerprint density at radius 3 is 2.46 bits per heavy atom. The summed E-state index contributed by atoms with van der Waals surface area (Å²) >= 11 is 0. The molecule has 1 fully saturated rings. The van der Waals surface area contributed by atoms with E-state index in [1.54, 1.807) is 12.3 Å². The van der Waals surface area contributed by atoms with Crippen molar-refractivity contribution in [3.8, 4) is 5.88 Å². The summed E-state index contributed by atoms with van der Waals surface area (Å²) in [5, 5.41) is 1.24. The third-order valence-electron chi connectivity index (χ3n) is 4.45. The van der Waals surface area contributed by atoms with Gasteiger partial charge >= 0.3 is 0 Å². The van der Waals surface area contributed by atoms with E-state index in [2.05, 4.69) is 9.71 Å². The molecule has 1 aromatic heterocycles. The molecular formula is C20H24N2O3S. The summed E-state index contributed by atoms with van der Waals surface area (Å²) in [7, 11) is -3.45. The molecule has 6 heteroatoms. The van der Waals surface area contributed by atoms with Gasteiger partial charge in [0.1, 0.15) is 6.10 Å². The zero-order chi connectivity index (χ0) is 18.4. The maximum absolute atomic E-state index is 12.3. The number of ether oxygens (including phenoxy) is 1. The Bertz CT molecular complexity index is 825. The van der Waals surface area contributed by atoms with Crippen LogP contribution in [-0.4, -0.2) is 25.5 Å². The highest BCUT2D eigenvalue weighted by molar-refractivity contribution is 7.92. The molecule has 138 valence electrons. The number of pyridine rings is 1. The molecule has 3 rings (SSSR count). The summed E-state index contributed by atoms with van der Waals surface area (Å²) in [4.78, 5) is 4.17. The van der Waals surface area contributed by atoms with Gasteiger partial charge in [-0.25, -0.2) is 18.1 Å². The van der Waals surface area contributed by atoms with Crippen molar-refractivity contribution in [3.05, 3.63) is 65.2 Å². The van der Waals surface area contributed by atoms with Crippen LogP contribution in [0.15, 0.2) is 54.1 Å². The fourth-order valence-corrected chi connectivity index (χ4v) is 4.12. The van der Waals surface area contributed by atoms with Crippen molar-refractivity contribution >= 4 is 16.1 Å². The van der Waals surface area contributed by atoms with Gasteiger partial charge in [0.2, 0.25) is 15.9 Å². The first-order valence-electron chi connectivity index (χ1n) is 8.85. The van der Waals surface area contributed by atoms with Crippen molar-refractivity contribution in [2.24, 2.45) is 0 Å². The minimum Gasteiger partial charge on any atom is -0.474 e. The summed E-state index contributed by atoms with van der Waals surface area (Å²) in [5.74, 6) is 0.623. The number of hydrogen-bond acceptors (Lipinski definition) is 4. The van der Waals surface area contributed by atoms with Gasteiger partial charge in [0.15, 0.2) is 0 Å². The molecule has 0 amide bonds. The lowest BCUT2D eigenvalue weighted by atomic mass is 9.94. The maximum Gasteiger partial charge on any atom is 0.233 e. The van der Waals surface area contributed by atoms with Crippen LogP contribution in [0.4, 0.5) is 0 Å². The Labute approximate surface area is 155 Å². The first-order valence-corrected chi connectivity index (χ1v) is 10.4. The molecule has 1 saturated carbocycles. The molecule has 0 radical (unpaired) electrons. The number of rotatable bonds is 6. The summed E-state index contributed by atoms with van der Waals surface area (Å²) in [5.41, 5.74) is 2.02. The van der Waals surface area contributed by atoms with Gasteiger partial charge in [-0.05, 0) is 50.3 Å². The Kier molecular flexibility index (Phi) is 6.06. The van der Waals surface area contributed by atoms with Crippen LogP contribution in [-0.2, 0) is 10.0 Å². The highest BCUT2D eigenvalue weighted by atomic mass is 32.2. The minimum atomic E-state index is -3.45. The lowest BCUT2D eigenvalue weighted by molar-refractivity contribution is 0.138. The molecule has 0 aliphatic heterocycles. The zero-order valence-electron chi connectivity index (χ0n) is 14.8. The van der Waals surface area contributed by atoms with Gasteiger partial charge in [-0.1, -0.05) is 35.9 Å². The number of benzene rings is 1. The van der Waals surface area contributed by atoms with Crippen LogP contribution in [0.3, 0.4) is 0 Å². The van der Waals surface area contributed by atoms with Crippen LogP contribution in [0.25, 0.3) is 6.08 Å². The summed E-state index contributed by atoms with van der Waals surface area (Å²) in [6.07, 6.45) is 6.56. The van der Waals surface area contributed by atoms with E-state index in [9.17, 15) is 8.42 Å². The van der Waals surface area contributed by atoms with E-state index < -0.39 is 10.0 Å². The molecule has 0 spiro atoms. The standard InChI is InChI=1S/C20H24N2O3S/c1-16-5-7-17(8-6-16)13-15-26(23,24)22-18-9-11-19(12-10-18)25-20-4-2-3-14-21-20/h2-8,13-15,18-19,22H,9-12H2,1H3/b15-13+. The van der Waals surface area contributed by atoms with Crippen molar-refractivity contribution in [1.82, 2.24) is 9.71 Å². The molecule has 0 saturated heterocycles. The molecule has 1 N–H and O–H groups in total. The monoisotopic (exact) mass is 372 g/mol. The molecule has 0 unspecified atom stereocenters. The van der Waals surface area contributed by atoms with Gasteiger partial charge in [0, 0.05) is 23.7 Å². The SMILES string of the molecule is Cc1ccc(/C=C/S(=O)(=O)NC2CCC(Oc3ccccn3)CC2)cc1. The van der Waals surface area contributed by atoms with Crippen LogP contribution in [0, 0.1) is 6.92 Å². The van der Waals surface area contributed by atoms with Crippen molar-refractivity contribution in [1.29, 1.82) is 0 Å². The Morgan fingerprint density at radius 2 is 1.81 bits per heavy atom. The van der Waals surface area contributed by atoms with E-state index in [0.717, 1.165) is 36.8 Å². The zero-order valence-corrected chi connectivity index (χ0v) is 15.7. The number of nitrogens with zero attached hydrogens (tertiary/aromatic N) is 1. The molecule has 1 aromatic carbocycles. The lowest BCUT2D eigenvalue weighted by Gasteiger charge is -2.28. The van der Waals surface area contributed by atoms with Crippen molar-refractivity contribution in [2.75, 3.05) is 0 Å². The van der Waals surface area contributed by atoms with Gasteiger partial charge in [0.05, 0.1) is 0 Å². The highest BCUT2D eigenvalue weighted by Gasteiger charge is 2.25. The number of aryl methyl sites for hydroxylation is 1. The quantitative estimate of drug-likeness (QED) is 0.840. The molecule has 1 aliphatic carbocycles. The van der Waals surface area contributed by atoms with E-state index >= 15 is 0 Å². The van der Waals surface area contributed by atoms with E-state index in [1.165, 1.54) is 5.41 Å². The normalized spacial score (nSPS) is 21.0. The molecule has 2 aromatic rings. The molecule has 5 nitrogen and oxygen atoms in total. The van der Waals surface area contributed by atoms with Crippen LogP contribution in [0.2, 0.25) is 0 Å². The molecule has 1 heterocycles. The largest absolute Gasteiger partial charge is 0.474 e. The number of aromatic nitrogens is 1. The average Bonchev–Trinajstić information content (AvgIpc) is 2.64. The predicted molar refractivity (Wildman–Crippen MR) is 103 cm³/mol. The van der Waals surface area contributed by atoms with Gasteiger partial charge < -0.3 is 4.74 Å². The van der Waals surface area contributed by atoms with Crippen molar-refractivity contribution in [2.45, 2.75) is 44.8 Å². The van der Waals surface area contributed by atoms with Crippen molar-refractivity contribution in [3.63, 3.8) is 0 Å². The molecular weight excluding hydrogens is 348 g/mol. The smallest absolute Gasteiger partial charge is 0.233 e. The third kappa shape index (κ3) is 5.68. The molecule has 0 atom stereocenters. The second-order valence-electron chi connectivity index (χ2n) is 6.64. The van der Waals surface area contributed by atoms with Crippen LogP contribution in [0.5, 0.6) is 5.88 Å². The topological polar surface area (TPSA) is 68.3 Å². The van der Waals surface area contributed by atoms with Crippen LogP contribution < -0.4 is 9.46 Å². The fraction of sp³-hybridized carbons (Fsp3) is 0.350. The molecule has 1 aliphatic rings. The van der Waals surface area contributed by atoms with Gasteiger partial charge in [-0.2, -0.15) is 0 Å². The van der Waals surface area contributed by atoms with E-state index in [4.69, 9.17) is 4.74 Å². The number of nitrogens with one attached hydrogen (secondary N) is 1. The summed E-state index contributed by atoms with van der Waals surface area (Å²) in [6.45, 7) is 2.00. The first-order chi connectivity index (χ1) is 12.5. The van der Waals surface area contributed by atoms with Gasteiger partial charge in [0.25, 0.3) is 0 Å². The number of sulfonamides is 1. The van der Waals surface area contributed by atoms with Gasteiger partial charge in [-0.15, -0.1) is 0 Å². The first kappa shape index (κ1) is 18.6. The molecule has 0 bridgehead atoms. The van der Waals surface area contributed by atoms with Crippen LogP contribution in [0.1, 0.15) is 36.8 Å². The summed E-state index contributed by atoms with van der Waals surface area (Å²) in [6, 6.07) is 13.3. The third-order valence-corrected chi connectivity index (χ3v) is 5.60. The summed E-state index contributed by atoms with van der Waals surface area (Å²) < 4.78 is 33.2. The highest BCUT2D eigenvalue weighted by Crippen LogP contribution is 2.23.